The molecular formula is C25H18BrFN4OS. The normalized spacial score (nSPS) is 18.6. The van der Waals surface area contributed by atoms with Gasteiger partial charge in [-0.1, -0.05) is 64.1 Å². The zero-order valence-corrected chi connectivity index (χ0v) is 19.9. The number of aromatic nitrogens is 3. The number of nitrogens with one attached hydrogen (secondary N) is 1. The van der Waals surface area contributed by atoms with Crippen molar-refractivity contribution in [2.75, 3.05) is 11.6 Å². The van der Waals surface area contributed by atoms with Crippen molar-refractivity contribution in [3.63, 3.8) is 0 Å². The minimum atomic E-state index is -0.361. The molecule has 0 saturated carbocycles. The maximum Gasteiger partial charge on any atom is 0.227 e. The molecule has 6 rings (SSSR count). The second kappa shape index (κ2) is 8.04. The SMILES string of the molecule is CSc1nc2n(n1)C(c1ccc(F)cc1)C1=C(N2)c2ccccc2OC1c1ccc(Br)cc1. The fourth-order valence-corrected chi connectivity index (χ4v) is 5.03. The zero-order valence-electron chi connectivity index (χ0n) is 17.5. The molecule has 0 radical (unpaired) electrons. The van der Waals surface area contributed by atoms with Crippen LogP contribution in [0.4, 0.5) is 10.3 Å². The van der Waals surface area contributed by atoms with Crippen LogP contribution in [0, 0.1) is 5.82 Å². The molecule has 2 aliphatic heterocycles. The molecule has 0 saturated heterocycles. The van der Waals surface area contributed by atoms with Gasteiger partial charge in [0.2, 0.25) is 11.1 Å². The van der Waals surface area contributed by atoms with Gasteiger partial charge in [-0.05, 0) is 53.8 Å². The minimum absolute atomic E-state index is 0.278. The summed E-state index contributed by atoms with van der Waals surface area (Å²) in [6.07, 6.45) is 1.59. The van der Waals surface area contributed by atoms with E-state index >= 15 is 0 Å². The summed E-state index contributed by atoms with van der Waals surface area (Å²) in [5, 5.41) is 8.94. The minimum Gasteiger partial charge on any atom is -0.480 e. The van der Waals surface area contributed by atoms with Gasteiger partial charge >= 0.3 is 0 Å². The van der Waals surface area contributed by atoms with Crippen LogP contribution in [0.5, 0.6) is 5.75 Å². The molecule has 1 N–H and O–H groups in total. The van der Waals surface area contributed by atoms with Crippen LogP contribution in [-0.4, -0.2) is 21.0 Å². The molecule has 5 nitrogen and oxygen atoms in total. The van der Waals surface area contributed by atoms with E-state index in [2.05, 4.69) is 38.4 Å². The van der Waals surface area contributed by atoms with E-state index in [0.717, 1.165) is 38.2 Å². The summed E-state index contributed by atoms with van der Waals surface area (Å²) in [6.45, 7) is 0. The third kappa shape index (κ3) is 3.45. The number of hydrogen-bond acceptors (Lipinski definition) is 5. The van der Waals surface area contributed by atoms with E-state index in [4.69, 9.17) is 9.84 Å². The van der Waals surface area contributed by atoms with Crippen molar-refractivity contribution in [3.05, 3.63) is 105 Å². The van der Waals surface area contributed by atoms with Crippen molar-refractivity contribution >= 4 is 39.3 Å². The van der Waals surface area contributed by atoms with E-state index in [1.54, 1.807) is 12.1 Å². The van der Waals surface area contributed by atoms with E-state index in [1.165, 1.54) is 23.9 Å². The fourth-order valence-electron chi connectivity index (χ4n) is 4.42. The smallest absolute Gasteiger partial charge is 0.227 e. The number of halogens is 2. The first-order valence-electron chi connectivity index (χ1n) is 10.4. The van der Waals surface area contributed by atoms with Gasteiger partial charge in [-0.25, -0.2) is 9.07 Å². The largest absolute Gasteiger partial charge is 0.480 e. The lowest BCUT2D eigenvalue weighted by Gasteiger charge is -2.38. The highest BCUT2D eigenvalue weighted by molar-refractivity contribution is 9.10. The second-order valence-electron chi connectivity index (χ2n) is 7.82. The highest BCUT2D eigenvalue weighted by atomic mass is 79.9. The molecule has 8 heteroatoms. The van der Waals surface area contributed by atoms with Crippen molar-refractivity contribution in [2.24, 2.45) is 0 Å². The van der Waals surface area contributed by atoms with Crippen molar-refractivity contribution in [1.82, 2.24) is 14.8 Å². The molecule has 0 spiro atoms. The first kappa shape index (κ1) is 20.5. The lowest BCUT2D eigenvalue weighted by atomic mass is 9.84. The van der Waals surface area contributed by atoms with Gasteiger partial charge < -0.3 is 10.1 Å². The van der Waals surface area contributed by atoms with Gasteiger partial charge in [0.05, 0.1) is 5.70 Å². The van der Waals surface area contributed by atoms with Crippen LogP contribution in [-0.2, 0) is 0 Å². The van der Waals surface area contributed by atoms with Crippen LogP contribution in [0.25, 0.3) is 5.70 Å². The number of rotatable bonds is 3. The van der Waals surface area contributed by atoms with E-state index < -0.39 is 0 Å². The van der Waals surface area contributed by atoms with Gasteiger partial charge in [0, 0.05) is 15.6 Å². The number of fused-ring (bicyclic) bond motifs is 3. The molecule has 2 unspecified atom stereocenters. The van der Waals surface area contributed by atoms with Crippen LogP contribution < -0.4 is 10.1 Å². The Morgan fingerprint density at radius 1 is 1.00 bits per heavy atom. The average molecular weight is 521 g/mol. The summed E-state index contributed by atoms with van der Waals surface area (Å²) < 4.78 is 23.3. The second-order valence-corrected chi connectivity index (χ2v) is 9.51. The number of nitrogens with zero attached hydrogens (tertiary/aromatic N) is 3. The lowest BCUT2D eigenvalue weighted by molar-refractivity contribution is 0.223. The molecule has 0 amide bonds. The Kier molecular flexibility index (Phi) is 4.99. The maximum atomic E-state index is 13.8. The maximum absolute atomic E-state index is 13.8. The van der Waals surface area contributed by atoms with Crippen LogP contribution in [0.3, 0.4) is 0 Å². The Labute approximate surface area is 202 Å². The molecule has 0 aliphatic carbocycles. The van der Waals surface area contributed by atoms with Crippen molar-refractivity contribution in [2.45, 2.75) is 17.3 Å². The number of ether oxygens (including phenoxy) is 1. The average Bonchev–Trinajstić information content (AvgIpc) is 3.26. The number of hydrogen-bond donors (Lipinski definition) is 1. The topological polar surface area (TPSA) is 52.0 Å². The first-order valence-corrected chi connectivity index (χ1v) is 12.4. The summed E-state index contributed by atoms with van der Waals surface area (Å²) >= 11 is 5.01. The monoisotopic (exact) mass is 520 g/mol. The van der Waals surface area contributed by atoms with Gasteiger partial charge in [-0.15, -0.1) is 5.10 Å². The van der Waals surface area contributed by atoms with Crippen LogP contribution in [0.2, 0.25) is 0 Å². The van der Waals surface area contributed by atoms with Gasteiger partial charge in [-0.2, -0.15) is 4.98 Å². The predicted octanol–water partition coefficient (Wildman–Crippen LogP) is 6.46. The Morgan fingerprint density at radius 3 is 2.48 bits per heavy atom. The highest BCUT2D eigenvalue weighted by Crippen LogP contribution is 2.50. The molecule has 2 aliphatic rings. The summed E-state index contributed by atoms with van der Waals surface area (Å²) in [7, 11) is 0. The zero-order chi connectivity index (χ0) is 22.5. The quantitative estimate of drug-likeness (QED) is 0.314. The Bertz CT molecular complexity index is 1380. The molecule has 33 heavy (non-hydrogen) atoms. The fraction of sp³-hybridized carbons (Fsp3) is 0.120. The molecule has 1 aromatic heterocycles. The molecule has 3 heterocycles. The van der Waals surface area contributed by atoms with Crippen LogP contribution in [0.15, 0.2) is 88.0 Å². The Morgan fingerprint density at radius 2 is 1.73 bits per heavy atom. The molecule has 3 aromatic carbocycles. The van der Waals surface area contributed by atoms with Crippen molar-refractivity contribution in [3.8, 4) is 5.75 Å². The Balaban J connectivity index is 1.62. The lowest BCUT2D eigenvalue weighted by Crippen LogP contribution is -2.32. The van der Waals surface area contributed by atoms with E-state index in [1.807, 2.05) is 47.3 Å². The van der Waals surface area contributed by atoms with E-state index in [9.17, 15) is 4.39 Å². The Hall–Kier alpha value is -3.10. The van der Waals surface area contributed by atoms with E-state index in [0.29, 0.717) is 11.1 Å². The standard InChI is InChI=1S/C25H18BrFN4OS/c1-33-25-29-24-28-21-18-4-2-3-5-19(18)32-23(15-6-10-16(26)11-7-15)20(21)22(31(24)30-25)14-8-12-17(27)13-9-14/h2-13,22-23H,1H3,(H,28,29,30). The number of benzene rings is 3. The third-order valence-corrected chi connectivity index (χ3v) is 6.97. The summed E-state index contributed by atoms with van der Waals surface area (Å²) in [5.74, 6) is 1.17. The van der Waals surface area contributed by atoms with Gasteiger partial charge in [0.25, 0.3) is 0 Å². The van der Waals surface area contributed by atoms with Crippen molar-refractivity contribution < 1.29 is 9.13 Å². The molecule has 0 bridgehead atoms. The number of para-hydroxylation sites is 1. The summed E-state index contributed by atoms with van der Waals surface area (Å²) in [5.41, 5.74) is 4.85. The van der Waals surface area contributed by atoms with Gasteiger partial charge in [0.1, 0.15) is 23.7 Å². The van der Waals surface area contributed by atoms with Gasteiger partial charge in [0.15, 0.2) is 0 Å². The van der Waals surface area contributed by atoms with Crippen LogP contribution in [0.1, 0.15) is 28.8 Å². The van der Waals surface area contributed by atoms with E-state index in [-0.39, 0.29) is 18.0 Å². The highest BCUT2D eigenvalue weighted by Gasteiger charge is 2.41. The molecule has 4 aromatic rings. The number of thioether (sulfide) groups is 1. The molecule has 164 valence electrons. The molecular weight excluding hydrogens is 503 g/mol. The number of anilines is 1. The van der Waals surface area contributed by atoms with Gasteiger partial charge in [-0.3, -0.25) is 0 Å². The molecule has 2 atom stereocenters. The predicted molar refractivity (Wildman–Crippen MR) is 131 cm³/mol. The molecule has 0 fully saturated rings. The summed E-state index contributed by atoms with van der Waals surface area (Å²) in [6, 6.07) is 22.4. The third-order valence-electron chi connectivity index (χ3n) is 5.90. The van der Waals surface area contributed by atoms with Crippen molar-refractivity contribution in [1.29, 1.82) is 0 Å². The first-order chi connectivity index (χ1) is 16.1. The van der Waals surface area contributed by atoms with Crippen LogP contribution >= 0.6 is 27.7 Å². The summed E-state index contributed by atoms with van der Waals surface area (Å²) in [4.78, 5) is 4.68.